The number of hydrogen-bond acceptors (Lipinski definition) is 2. The first-order valence-corrected chi connectivity index (χ1v) is 5.19. The number of aryl methyl sites for hydroxylation is 1. The van der Waals surface area contributed by atoms with E-state index in [1.54, 1.807) is 0 Å². The summed E-state index contributed by atoms with van der Waals surface area (Å²) in [5, 5.41) is 0. The number of aromatic amines is 1. The number of benzene rings is 1. The lowest BCUT2D eigenvalue weighted by Crippen LogP contribution is -2.15. The molecule has 0 fully saturated rings. The number of aromatic nitrogens is 1. The van der Waals surface area contributed by atoms with Crippen molar-refractivity contribution in [3.05, 3.63) is 63.6 Å². The van der Waals surface area contributed by atoms with Crippen LogP contribution < -0.4 is 11.3 Å². The van der Waals surface area contributed by atoms with Crippen LogP contribution in [0.3, 0.4) is 0 Å². The minimum absolute atomic E-state index is 0.203. The highest BCUT2D eigenvalue weighted by atomic mass is 16.1. The van der Waals surface area contributed by atoms with Gasteiger partial charge < -0.3 is 10.7 Å². The number of pyridine rings is 1. The zero-order valence-electron chi connectivity index (χ0n) is 9.16. The third kappa shape index (κ3) is 2.14. The van der Waals surface area contributed by atoms with E-state index in [4.69, 9.17) is 5.73 Å². The van der Waals surface area contributed by atoms with E-state index in [1.165, 1.54) is 5.56 Å². The largest absolute Gasteiger partial charge is 0.394 e. The Kier molecular flexibility index (Phi) is 2.77. The molecule has 0 atom stereocenters. The third-order valence-corrected chi connectivity index (χ3v) is 2.57. The van der Waals surface area contributed by atoms with Gasteiger partial charge in [0.1, 0.15) is 5.69 Å². The Morgan fingerprint density at radius 1 is 1.25 bits per heavy atom. The molecule has 0 unspecified atom stereocenters. The van der Waals surface area contributed by atoms with Crippen LogP contribution in [0.2, 0.25) is 0 Å². The first kappa shape index (κ1) is 10.5. The highest BCUT2D eigenvalue weighted by Gasteiger charge is 2.02. The van der Waals surface area contributed by atoms with Crippen LogP contribution in [0.15, 0.2) is 41.2 Å². The number of rotatable bonds is 2. The molecule has 1 heterocycles. The van der Waals surface area contributed by atoms with E-state index in [9.17, 15) is 4.79 Å². The van der Waals surface area contributed by atoms with E-state index in [-0.39, 0.29) is 5.56 Å². The summed E-state index contributed by atoms with van der Waals surface area (Å²) < 4.78 is 0. The lowest BCUT2D eigenvalue weighted by atomic mass is 10.1. The molecule has 0 aliphatic rings. The molecule has 0 amide bonds. The molecule has 2 aromatic rings. The van der Waals surface area contributed by atoms with Crippen molar-refractivity contribution in [3.63, 3.8) is 0 Å². The van der Waals surface area contributed by atoms with Gasteiger partial charge in [-0.05, 0) is 24.1 Å². The van der Waals surface area contributed by atoms with Crippen molar-refractivity contribution in [3.8, 4) is 0 Å². The molecule has 3 N–H and O–H groups in total. The van der Waals surface area contributed by atoms with Gasteiger partial charge in [0.2, 0.25) is 0 Å². The molecular weight excluding hydrogens is 200 g/mol. The SMILES string of the molecule is Cc1cc(Cc2ccccc2)[nH]c(=O)c1N. The van der Waals surface area contributed by atoms with Crippen molar-refractivity contribution in [2.75, 3.05) is 5.73 Å². The third-order valence-electron chi connectivity index (χ3n) is 2.57. The zero-order chi connectivity index (χ0) is 11.5. The Morgan fingerprint density at radius 2 is 1.94 bits per heavy atom. The fourth-order valence-corrected chi connectivity index (χ4v) is 1.68. The van der Waals surface area contributed by atoms with Crippen LogP contribution >= 0.6 is 0 Å². The van der Waals surface area contributed by atoms with Crippen molar-refractivity contribution in [1.29, 1.82) is 0 Å². The molecule has 0 spiro atoms. The van der Waals surface area contributed by atoms with E-state index in [0.29, 0.717) is 5.69 Å². The summed E-state index contributed by atoms with van der Waals surface area (Å²) in [6.45, 7) is 1.85. The number of nitrogens with one attached hydrogen (secondary N) is 1. The average Bonchev–Trinajstić information content (AvgIpc) is 2.27. The Morgan fingerprint density at radius 3 is 2.56 bits per heavy atom. The van der Waals surface area contributed by atoms with Gasteiger partial charge in [0, 0.05) is 12.1 Å². The Hall–Kier alpha value is -2.03. The number of nitrogen functional groups attached to an aromatic ring is 1. The molecule has 0 bridgehead atoms. The molecule has 3 heteroatoms. The summed E-state index contributed by atoms with van der Waals surface area (Å²) in [5.74, 6) is 0. The van der Waals surface area contributed by atoms with E-state index in [0.717, 1.165) is 17.7 Å². The highest BCUT2D eigenvalue weighted by Crippen LogP contribution is 2.10. The number of H-pyrrole nitrogens is 1. The first-order valence-electron chi connectivity index (χ1n) is 5.19. The van der Waals surface area contributed by atoms with Gasteiger partial charge in [-0.3, -0.25) is 4.79 Å². The predicted molar refractivity (Wildman–Crippen MR) is 65.5 cm³/mol. The minimum atomic E-state index is -0.203. The molecule has 1 aromatic heterocycles. The maximum Gasteiger partial charge on any atom is 0.271 e. The topological polar surface area (TPSA) is 58.9 Å². The molecule has 0 aliphatic carbocycles. The average molecular weight is 214 g/mol. The van der Waals surface area contributed by atoms with Crippen LogP contribution in [0.4, 0.5) is 5.69 Å². The second-order valence-electron chi connectivity index (χ2n) is 3.88. The molecule has 2 rings (SSSR count). The summed E-state index contributed by atoms with van der Waals surface area (Å²) in [6, 6.07) is 11.9. The van der Waals surface area contributed by atoms with Gasteiger partial charge in [-0.2, -0.15) is 0 Å². The van der Waals surface area contributed by atoms with Crippen LogP contribution in [-0.2, 0) is 6.42 Å². The molecule has 0 saturated heterocycles. The van der Waals surface area contributed by atoms with Gasteiger partial charge in [0.15, 0.2) is 0 Å². The van der Waals surface area contributed by atoms with Gasteiger partial charge in [0.25, 0.3) is 5.56 Å². The molecule has 16 heavy (non-hydrogen) atoms. The van der Waals surface area contributed by atoms with Gasteiger partial charge >= 0.3 is 0 Å². The standard InChI is InChI=1S/C13H14N2O/c1-9-7-11(15-13(16)12(9)14)8-10-5-3-2-4-6-10/h2-7H,8,14H2,1H3,(H,15,16). The van der Waals surface area contributed by atoms with Crippen LogP contribution in [0.5, 0.6) is 0 Å². The maximum atomic E-state index is 11.5. The Bertz CT molecular complexity index is 544. The summed E-state index contributed by atoms with van der Waals surface area (Å²) in [6.07, 6.45) is 0.719. The smallest absolute Gasteiger partial charge is 0.271 e. The lowest BCUT2D eigenvalue weighted by molar-refractivity contribution is 1.04. The van der Waals surface area contributed by atoms with Gasteiger partial charge in [-0.15, -0.1) is 0 Å². The Labute approximate surface area is 93.9 Å². The van der Waals surface area contributed by atoms with Crippen molar-refractivity contribution >= 4 is 5.69 Å². The number of hydrogen-bond donors (Lipinski definition) is 2. The van der Waals surface area contributed by atoms with Gasteiger partial charge in [-0.1, -0.05) is 30.3 Å². The molecular formula is C13H14N2O. The molecule has 0 aliphatic heterocycles. The predicted octanol–water partition coefficient (Wildman–Crippen LogP) is 1.86. The van der Waals surface area contributed by atoms with Crippen LogP contribution in [0.25, 0.3) is 0 Å². The summed E-state index contributed by atoms with van der Waals surface area (Å²) >= 11 is 0. The summed E-state index contributed by atoms with van der Waals surface area (Å²) in [7, 11) is 0. The van der Waals surface area contributed by atoms with Crippen molar-refractivity contribution in [1.82, 2.24) is 4.98 Å². The lowest BCUT2D eigenvalue weighted by Gasteiger charge is -2.05. The highest BCUT2D eigenvalue weighted by molar-refractivity contribution is 5.44. The maximum absolute atomic E-state index is 11.5. The first-order chi connectivity index (χ1) is 7.66. The second kappa shape index (κ2) is 4.23. The second-order valence-corrected chi connectivity index (χ2v) is 3.88. The van der Waals surface area contributed by atoms with E-state index in [2.05, 4.69) is 4.98 Å². The van der Waals surface area contributed by atoms with Crippen molar-refractivity contribution < 1.29 is 0 Å². The summed E-state index contributed by atoms with van der Waals surface area (Å²) in [5.41, 5.74) is 8.59. The Balaban J connectivity index is 2.33. The molecule has 0 saturated carbocycles. The van der Waals surface area contributed by atoms with E-state index in [1.807, 2.05) is 43.3 Å². The van der Waals surface area contributed by atoms with Crippen molar-refractivity contribution in [2.45, 2.75) is 13.3 Å². The van der Waals surface area contributed by atoms with Crippen LogP contribution in [0, 0.1) is 6.92 Å². The molecule has 0 radical (unpaired) electrons. The molecule has 82 valence electrons. The van der Waals surface area contributed by atoms with Crippen LogP contribution in [0.1, 0.15) is 16.8 Å². The molecule has 1 aromatic carbocycles. The van der Waals surface area contributed by atoms with Gasteiger partial charge in [-0.25, -0.2) is 0 Å². The van der Waals surface area contributed by atoms with Crippen molar-refractivity contribution in [2.24, 2.45) is 0 Å². The molecule has 3 nitrogen and oxygen atoms in total. The fourth-order valence-electron chi connectivity index (χ4n) is 1.68. The van der Waals surface area contributed by atoms with Crippen LogP contribution in [-0.4, -0.2) is 4.98 Å². The van der Waals surface area contributed by atoms with E-state index < -0.39 is 0 Å². The normalized spacial score (nSPS) is 10.3. The fraction of sp³-hybridized carbons (Fsp3) is 0.154. The van der Waals surface area contributed by atoms with E-state index >= 15 is 0 Å². The van der Waals surface area contributed by atoms with Gasteiger partial charge in [0.05, 0.1) is 0 Å². The number of nitrogens with two attached hydrogens (primary N) is 1. The number of anilines is 1. The monoisotopic (exact) mass is 214 g/mol. The quantitative estimate of drug-likeness (QED) is 0.801. The summed E-state index contributed by atoms with van der Waals surface area (Å²) in [4.78, 5) is 14.3. The zero-order valence-corrected chi connectivity index (χ0v) is 9.16. The minimum Gasteiger partial charge on any atom is -0.394 e.